The zero-order chi connectivity index (χ0) is 16.7. The molecule has 0 spiro atoms. The Labute approximate surface area is 137 Å². The molecule has 2 N–H and O–H groups in total. The van der Waals surface area contributed by atoms with E-state index in [4.69, 9.17) is 4.74 Å². The van der Waals surface area contributed by atoms with Gasteiger partial charge >= 0.3 is 0 Å². The van der Waals surface area contributed by atoms with E-state index in [1.165, 1.54) is 0 Å². The van der Waals surface area contributed by atoms with Crippen LogP contribution in [-0.2, 0) is 0 Å². The van der Waals surface area contributed by atoms with E-state index in [1.54, 1.807) is 13.3 Å². The smallest absolute Gasteiger partial charge is 0.249 e. The van der Waals surface area contributed by atoms with Gasteiger partial charge < -0.3 is 20.3 Å². The van der Waals surface area contributed by atoms with Crippen molar-refractivity contribution in [1.82, 2.24) is 20.1 Å². The highest BCUT2D eigenvalue weighted by Crippen LogP contribution is 2.27. The van der Waals surface area contributed by atoms with E-state index >= 15 is 0 Å². The second-order valence-electron chi connectivity index (χ2n) is 5.58. The second kappa shape index (κ2) is 8.28. The summed E-state index contributed by atoms with van der Waals surface area (Å²) in [7, 11) is 5.75. The molecular formula is C16H24N6O. The number of hydrogen-bond donors (Lipinski definition) is 2. The summed E-state index contributed by atoms with van der Waals surface area (Å²) in [6, 6.07) is 5.89. The first-order chi connectivity index (χ1) is 11.1. The largest absolute Gasteiger partial charge is 0.495 e. The quantitative estimate of drug-likeness (QED) is 0.724. The Morgan fingerprint density at radius 1 is 1.26 bits per heavy atom. The molecule has 1 aromatic carbocycles. The molecule has 1 aromatic heterocycles. The highest BCUT2D eigenvalue weighted by molar-refractivity contribution is 5.63. The normalized spacial score (nSPS) is 10.7. The third kappa shape index (κ3) is 5.37. The molecule has 2 rings (SSSR count). The maximum absolute atomic E-state index is 5.35. The van der Waals surface area contributed by atoms with Crippen molar-refractivity contribution in [2.24, 2.45) is 0 Å². The molecule has 1 heterocycles. The number of aromatic nitrogens is 3. The zero-order valence-electron chi connectivity index (χ0n) is 14.1. The Morgan fingerprint density at radius 3 is 2.83 bits per heavy atom. The number of aryl methyl sites for hydroxylation is 1. The summed E-state index contributed by atoms with van der Waals surface area (Å²) < 4.78 is 5.35. The summed E-state index contributed by atoms with van der Waals surface area (Å²) in [6.07, 6.45) is 2.65. The van der Waals surface area contributed by atoms with Crippen LogP contribution in [0.1, 0.15) is 12.0 Å². The summed E-state index contributed by atoms with van der Waals surface area (Å²) in [4.78, 5) is 6.57. The Kier molecular flexibility index (Phi) is 6.10. The average molecular weight is 316 g/mol. The van der Waals surface area contributed by atoms with Gasteiger partial charge in [-0.25, -0.2) is 0 Å². The number of nitrogens with zero attached hydrogens (tertiary/aromatic N) is 4. The van der Waals surface area contributed by atoms with Gasteiger partial charge in [0.05, 0.1) is 19.0 Å². The van der Waals surface area contributed by atoms with Crippen molar-refractivity contribution in [3.05, 3.63) is 30.0 Å². The molecule has 0 saturated heterocycles. The third-order valence-electron chi connectivity index (χ3n) is 3.25. The molecule has 124 valence electrons. The van der Waals surface area contributed by atoms with Crippen LogP contribution < -0.4 is 15.4 Å². The highest BCUT2D eigenvalue weighted by Gasteiger charge is 2.06. The van der Waals surface area contributed by atoms with E-state index in [0.29, 0.717) is 11.8 Å². The van der Waals surface area contributed by atoms with Crippen LogP contribution in [0.25, 0.3) is 0 Å². The van der Waals surface area contributed by atoms with Crippen molar-refractivity contribution >= 4 is 17.5 Å². The molecule has 0 unspecified atom stereocenters. The molecule has 23 heavy (non-hydrogen) atoms. The fourth-order valence-electron chi connectivity index (χ4n) is 2.09. The molecule has 7 nitrogen and oxygen atoms in total. The summed E-state index contributed by atoms with van der Waals surface area (Å²) in [5.74, 6) is 1.88. The van der Waals surface area contributed by atoms with Crippen LogP contribution in [0, 0.1) is 6.92 Å². The molecule has 0 fully saturated rings. The lowest BCUT2D eigenvalue weighted by molar-refractivity contribution is 0.405. The summed E-state index contributed by atoms with van der Waals surface area (Å²) in [5, 5.41) is 14.4. The molecular weight excluding hydrogens is 292 g/mol. The van der Waals surface area contributed by atoms with Crippen molar-refractivity contribution in [2.75, 3.05) is 44.9 Å². The van der Waals surface area contributed by atoms with Crippen molar-refractivity contribution in [1.29, 1.82) is 0 Å². The minimum Gasteiger partial charge on any atom is -0.495 e. The molecule has 0 radical (unpaired) electrons. The zero-order valence-corrected chi connectivity index (χ0v) is 14.1. The third-order valence-corrected chi connectivity index (χ3v) is 3.25. The summed E-state index contributed by atoms with van der Waals surface area (Å²) >= 11 is 0. The van der Waals surface area contributed by atoms with Gasteiger partial charge in [0.25, 0.3) is 0 Å². The first-order valence-corrected chi connectivity index (χ1v) is 7.58. The Bertz CT molecular complexity index is 632. The van der Waals surface area contributed by atoms with E-state index in [2.05, 4.69) is 44.8 Å². The molecule has 0 aliphatic rings. The summed E-state index contributed by atoms with van der Waals surface area (Å²) in [5.41, 5.74) is 1.94. The van der Waals surface area contributed by atoms with Gasteiger partial charge in [0, 0.05) is 6.54 Å². The molecule has 0 aliphatic heterocycles. The van der Waals surface area contributed by atoms with Crippen LogP contribution in [0.3, 0.4) is 0 Å². The van der Waals surface area contributed by atoms with Crippen molar-refractivity contribution in [3.8, 4) is 5.75 Å². The van der Waals surface area contributed by atoms with Crippen LogP contribution in [-0.4, -0.2) is 54.4 Å². The average Bonchev–Trinajstić information content (AvgIpc) is 2.52. The molecule has 7 heteroatoms. The number of hydrogen-bond acceptors (Lipinski definition) is 7. The molecule has 0 amide bonds. The number of anilines is 3. The first-order valence-electron chi connectivity index (χ1n) is 7.58. The van der Waals surface area contributed by atoms with Crippen molar-refractivity contribution in [2.45, 2.75) is 13.3 Å². The maximum atomic E-state index is 5.35. The Hall–Kier alpha value is -2.41. The van der Waals surface area contributed by atoms with Gasteiger partial charge in [-0.3, -0.25) is 0 Å². The number of nitrogens with one attached hydrogen (secondary N) is 2. The molecule has 0 saturated carbocycles. The monoisotopic (exact) mass is 316 g/mol. The lowest BCUT2D eigenvalue weighted by Gasteiger charge is -2.12. The highest BCUT2D eigenvalue weighted by atomic mass is 16.5. The minimum absolute atomic E-state index is 0.437. The predicted molar refractivity (Wildman–Crippen MR) is 92.5 cm³/mol. The van der Waals surface area contributed by atoms with Gasteiger partial charge in [-0.05, 0) is 51.7 Å². The van der Waals surface area contributed by atoms with Gasteiger partial charge in [0.2, 0.25) is 5.95 Å². The predicted octanol–water partition coefficient (Wildman–Crippen LogP) is 2.30. The SMILES string of the molecule is COc1ccc(C)cc1Nc1nncc(NCCCN(C)C)n1. The minimum atomic E-state index is 0.437. The number of ether oxygens (including phenoxy) is 1. The van der Waals surface area contributed by atoms with Crippen molar-refractivity contribution in [3.63, 3.8) is 0 Å². The van der Waals surface area contributed by atoms with E-state index in [0.717, 1.165) is 36.5 Å². The van der Waals surface area contributed by atoms with Gasteiger partial charge in [0.15, 0.2) is 5.82 Å². The van der Waals surface area contributed by atoms with E-state index in [-0.39, 0.29) is 0 Å². The van der Waals surface area contributed by atoms with Crippen LogP contribution in [0.2, 0.25) is 0 Å². The van der Waals surface area contributed by atoms with Gasteiger partial charge in [-0.2, -0.15) is 10.1 Å². The summed E-state index contributed by atoms with van der Waals surface area (Å²) in [6.45, 7) is 3.88. The maximum Gasteiger partial charge on any atom is 0.249 e. The number of methoxy groups -OCH3 is 1. The number of rotatable bonds is 8. The van der Waals surface area contributed by atoms with Crippen LogP contribution in [0.15, 0.2) is 24.4 Å². The van der Waals surface area contributed by atoms with Crippen LogP contribution in [0.4, 0.5) is 17.5 Å². The van der Waals surface area contributed by atoms with E-state index in [9.17, 15) is 0 Å². The molecule has 0 bridgehead atoms. The van der Waals surface area contributed by atoms with Crippen molar-refractivity contribution < 1.29 is 4.74 Å². The Morgan fingerprint density at radius 2 is 2.09 bits per heavy atom. The fourth-order valence-corrected chi connectivity index (χ4v) is 2.09. The number of benzene rings is 1. The second-order valence-corrected chi connectivity index (χ2v) is 5.58. The lowest BCUT2D eigenvalue weighted by Crippen LogP contribution is -2.17. The lowest BCUT2D eigenvalue weighted by atomic mass is 10.2. The van der Waals surface area contributed by atoms with Gasteiger partial charge in [0.1, 0.15) is 5.75 Å². The Balaban J connectivity index is 2.01. The van der Waals surface area contributed by atoms with Gasteiger partial charge in [-0.15, -0.1) is 5.10 Å². The molecule has 2 aromatic rings. The van der Waals surface area contributed by atoms with Gasteiger partial charge in [-0.1, -0.05) is 6.07 Å². The first kappa shape index (κ1) is 17.0. The van der Waals surface area contributed by atoms with E-state index < -0.39 is 0 Å². The topological polar surface area (TPSA) is 75.2 Å². The molecule has 0 aliphatic carbocycles. The fraction of sp³-hybridized carbons (Fsp3) is 0.438. The molecule has 0 atom stereocenters. The van der Waals surface area contributed by atoms with Crippen LogP contribution >= 0.6 is 0 Å². The van der Waals surface area contributed by atoms with E-state index in [1.807, 2.05) is 25.1 Å². The standard InChI is InChI=1S/C16H24N6O/c1-12-6-7-14(23-4)13(10-12)19-16-20-15(11-18-21-16)17-8-5-9-22(2)3/h6-7,10-11H,5,8-9H2,1-4H3,(H2,17,19,20,21). The van der Waals surface area contributed by atoms with Crippen LogP contribution in [0.5, 0.6) is 5.75 Å².